The van der Waals surface area contributed by atoms with Crippen molar-refractivity contribution < 1.29 is 9.53 Å². The van der Waals surface area contributed by atoms with Gasteiger partial charge in [0.1, 0.15) is 0 Å². The van der Waals surface area contributed by atoms with E-state index in [1.54, 1.807) is 26.6 Å². The fourth-order valence-electron chi connectivity index (χ4n) is 2.70. The van der Waals surface area contributed by atoms with E-state index < -0.39 is 0 Å². The average Bonchev–Trinajstić information content (AvgIpc) is 2.82. The predicted octanol–water partition coefficient (Wildman–Crippen LogP) is 0.522. The normalized spacial score (nSPS) is 23.5. The van der Waals surface area contributed by atoms with Crippen LogP contribution in [0.5, 0.6) is 0 Å². The molecule has 5 nitrogen and oxygen atoms in total. The first-order valence-corrected chi connectivity index (χ1v) is 6.56. The lowest BCUT2D eigenvalue weighted by Gasteiger charge is -2.15. The molecule has 19 heavy (non-hydrogen) atoms. The molecule has 0 aromatic carbocycles. The van der Waals surface area contributed by atoms with Crippen molar-refractivity contribution >= 4 is 5.91 Å². The topological polar surface area (TPSA) is 54.5 Å². The minimum Gasteiger partial charge on any atom is -0.384 e. The first kappa shape index (κ1) is 14.0. The molecule has 0 saturated carbocycles. The summed E-state index contributed by atoms with van der Waals surface area (Å²) in [5.74, 6) is 0.401. The van der Waals surface area contributed by atoms with E-state index in [2.05, 4.69) is 15.2 Å². The van der Waals surface area contributed by atoms with Crippen LogP contribution in [0.2, 0.25) is 0 Å². The maximum Gasteiger partial charge on any atom is 0.224 e. The Labute approximate surface area is 114 Å². The molecule has 1 saturated heterocycles. The van der Waals surface area contributed by atoms with Gasteiger partial charge in [-0.15, -0.1) is 0 Å². The molecule has 0 radical (unpaired) electrons. The number of hydrogen-bond donors (Lipinski definition) is 1. The Hall–Kier alpha value is -1.46. The van der Waals surface area contributed by atoms with E-state index in [1.165, 1.54) is 5.56 Å². The zero-order valence-electron chi connectivity index (χ0n) is 11.5. The summed E-state index contributed by atoms with van der Waals surface area (Å²) in [4.78, 5) is 18.2. The highest BCUT2D eigenvalue weighted by atomic mass is 16.5. The highest BCUT2D eigenvalue weighted by Gasteiger charge is 2.36. The van der Waals surface area contributed by atoms with Crippen molar-refractivity contribution in [2.24, 2.45) is 11.8 Å². The Balaban J connectivity index is 1.99. The number of nitrogens with one attached hydrogen (secondary N) is 1. The van der Waals surface area contributed by atoms with Crippen LogP contribution in [0, 0.1) is 11.8 Å². The minimum atomic E-state index is 0.0202. The minimum absolute atomic E-state index is 0.0202. The van der Waals surface area contributed by atoms with Gasteiger partial charge in [0.05, 0.1) is 12.5 Å². The molecule has 1 aliphatic heterocycles. The fourth-order valence-corrected chi connectivity index (χ4v) is 2.70. The number of hydrogen-bond acceptors (Lipinski definition) is 4. The Morgan fingerprint density at radius 2 is 2.21 bits per heavy atom. The van der Waals surface area contributed by atoms with Crippen molar-refractivity contribution in [3.8, 4) is 0 Å². The van der Waals surface area contributed by atoms with E-state index in [9.17, 15) is 4.79 Å². The van der Waals surface area contributed by atoms with Crippen molar-refractivity contribution in [2.45, 2.75) is 6.54 Å². The number of ether oxygens (including phenoxy) is 1. The molecule has 1 amide bonds. The van der Waals surface area contributed by atoms with Crippen LogP contribution < -0.4 is 5.32 Å². The van der Waals surface area contributed by atoms with Gasteiger partial charge in [-0.2, -0.15) is 0 Å². The van der Waals surface area contributed by atoms with E-state index in [0.29, 0.717) is 6.61 Å². The molecule has 1 N–H and O–H groups in total. The van der Waals surface area contributed by atoms with E-state index >= 15 is 0 Å². The molecule has 1 aromatic heterocycles. The summed E-state index contributed by atoms with van der Waals surface area (Å²) in [7, 11) is 3.38. The monoisotopic (exact) mass is 263 g/mol. The molecule has 104 valence electrons. The summed E-state index contributed by atoms with van der Waals surface area (Å²) in [5, 5.41) is 2.75. The van der Waals surface area contributed by atoms with Crippen molar-refractivity contribution in [2.75, 3.05) is 33.9 Å². The van der Waals surface area contributed by atoms with E-state index in [0.717, 1.165) is 19.6 Å². The van der Waals surface area contributed by atoms with Crippen LogP contribution in [-0.2, 0) is 16.1 Å². The van der Waals surface area contributed by atoms with Gasteiger partial charge in [0.15, 0.2) is 0 Å². The van der Waals surface area contributed by atoms with Gasteiger partial charge in [-0.3, -0.25) is 14.7 Å². The Morgan fingerprint density at radius 3 is 2.84 bits per heavy atom. The number of methoxy groups -OCH3 is 1. The quantitative estimate of drug-likeness (QED) is 0.841. The Bertz CT molecular complexity index is 410. The van der Waals surface area contributed by atoms with Gasteiger partial charge in [-0.25, -0.2) is 0 Å². The van der Waals surface area contributed by atoms with E-state index in [1.807, 2.05) is 12.1 Å². The third kappa shape index (κ3) is 3.52. The molecular weight excluding hydrogens is 242 g/mol. The van der Waals surface area contributed by atoms with Crippen LogP contribution in [0.1, 0.15) is 5.56 Å². The van der Waals surface area contributed by atoms with Crippen LogP contribution in [0.4, 0.5) is 0 Å². The molecule has 0 spiro atoms. The maximum absolute atomic E-state index is 11.9. The van der Waals surface area contributed by atoms with Gasteiger partial charge < -0.3 is 10.1 Å². The van der Waals surface area contributed by atoms with E-state index in [4.69, 9.17) is 4.74 Å². The van der Waals surface area contributed by atoms with Crippen molar-refractivity contribution in [1.29, 1.82) is 0 Å². The molecule has 1 fully saturated rings. The molecule has 2 rings (SSSR count). The summed E-state index contributed by atoms with van der Waals surface area (Å²) in [6, 6.07) is 4.02. The van der Waals surface area contributed by atoms with Crippen LogP contribution in [0.3, 0.4) is 0 Å². The average molecular weight is 263 g/mol. The highest BCUT2D eigenvalue weighted by molar-refractivity contribution is 5.79. The van der Waals surface area contributed by atoms with Crippen molar-refractivity contribution in [3.05, 3.63) is 30.1 Å². The largest absolute Gasteiger partial charge is 0.384 e. The van der Waals surface area contributed by atoms with Gasteiger partial charge in [0, 0.05) is 52.1 Å². The molecule has 0 bridgehead atoms. The van der Waals surface area contributed by atoms with Crippen LogP contribution in [0.25, 0.3) is 0 Å². The molecule has 1 aromatic rings. The third-order valence-electron chi connectivity index (χ3n) is 3.64. The van der Waals surface area contributed by atoms with Gasteiger partial charge in [-0.1, -0.05) is 0 Å². The number of amides is 1. The lowest BCUT2D eigenvalue weighted by molar-refractivity contribution is -0.125. The summed E-state index contributed by atoms with van der Waals surface area (Å²) in [6.45, 7) is 3.17. The zero-order chi connectivity index (χ0) is 13.7. The standard InChI is InChI=1S/C14H21N3O2/c1-15-14(18)13-9-17(8-12(13)10-19-2)7-11-3-5-16-6-4-11/h3-6,12-13H,7-10H2,1-2H3,(H,15,18)/t12-,13+/m0/s1. The molecule has 0 unspecified atom stereocenters. The lowest BCUT2D eigenvalue weighted by atomic mass is 9.96. The number of nitrogens with zero attached hydrogens (tertiary/aromatic N) is 2. The summed E-state index contributed by atoms with van der Waals surface area (Å²) in [6.07, 6.45) is 3.60. The second-order valence-electron chi connectivity index (χ2n) is 4.99. The second kappa shape index (κ2) is 6.63. The van der Waals surface area contributed by atoms with Crippen LogP contribution in [0.15, 0.2) is 24.5 Å². The SMILES string of the molecule is CNC(=O)[C@@H]1CN(Cc2ccncc2)C[C@H]1COC. The third-order valence-corrected chi connectivity index (χ3v) is 3.64. The Kier molecular flexibility index (Phi) is 4.87. The zero-order valence-corrected chi connectivity index (χ0v) is 11.5. The number of pyridine rings is 1. The smallest absolute Gasteiger partial charge is 0.224 e. The number of rotatable bonds is 5. The number of carbonyl (C=O) groups is 1. The van der Waals surface area contributed by atoms with Gasteiger partial charge in [-0.05, 0) is 17.7 Å². The molecule has 0 aliphatic carbocycles. The van der Waals surface area contributed by atoms with Crippen molar-refractivity contribution in [1.82, 2.24) is 15.2 Å². The van der Waals surface area contributed by atoms with Crippen LogP contribution in [-0.4, -0.2) is 49.6 Å². The second-order valence-corrected chi connectivity index (χ2v) is 4.99. The number of carbonyl (C=O) groups excluding carboxylic acids is 1. The molecule has 2 heterocycles. The van der Waals surface area contributed by atoms with Gasteiger partial charge in [0.2, 0.25) is 5.91 Å². The summed E-state index contributed by atoms with van der Waals surface area (Å²) < 4.78 is 5.23. The van der Waals surface area contributed by atoms with E-state index in [-0.39, 0.29) is 17.7 Å². The highest BCUT2D eigenvalue weighted by Crippen LogP contribution is 2.25. The van der Waals surface area contributed by atoms with Crippen LogP contribution >= 0.6 is 0 Å². The first-order chi connectivity index (χ1) is 9.24. The lowest BCUT2D eigenvalue weighted by Crippen LogP contribution is -2.34. The van der Waals surface area contributed by atoms with Gasteiger partial charge >= 0.3 is 0 Å². The summed E-state index contributed by atoms with van der Waals surface area (Å²) in [5.41, 5.74) is 1.23. The first-order valence-electron chi connectivity index (χ1n) is 6.56. The van der Waals surface area contributed by atoms with Crippen molar-refractivity contribution in [3.63, 3.8) is 0 Å². The Morgan fingerprint density at radius 1 is 1.47 bits per heavy atom. The van der Waals surface area contributed by atoms with Gasteiger partial charge in [0.25, 0.3) is 0 Å². The molecule has 5 heteroatoms. The maximum atomic E-state index is 11.9. The number of likely N-dealkylation sites (tertiary alicyclic amines) is 1. The predicted molar refractivity (Wildman–Crippen MR) is 72.4 cm³/mol. The fraction of sp³-hybridized carbons (Fsp3) is 0.571. The molecule has 1 aliphatic rings. The number of aromatic nitrogens is 1. The summed E-state index contributed by atoms with van der Waals surface area (Å²) >= 11 is 0. The molecule has 2 atom stereocenters. The molecular formula is C14H21N3O2.